The number of hydrogen-bond acceptors (Lipinski definition) is 4. The van der Waals surface area contributed by atoms with Gasteiger partial charge < -0.3 is 9.80 Å². The average Bonchev–Trinajstić information content (AvgIpc) is 3.41. The molecule has 43 heavy (non-hydrogen) atoms. The van der Waals surface area contributed by atoms with E-state index < -0.39 is 0 Å². The van der Waals surface area contributed by atoms with Crippen LogP contribution in [0.3, 0.4) is 0 Å². The van der Waals surface area contributed by atoms with Gasteiger partial charge in [-0.25, -0.2) is 0 Å². The molecule has 1 aliphatic rings. The van der Waals surface area contributed by atoms with Crippen LogP contribution < -0.4 is 9.80 Å². The van der Waals surface area contributed by atoms with E-state index in [1.54, 1.807) is 0 Å². The summed E-state index contributed by atoms with van der Waals surface area (Å²) in [5.74, 6) is 1.84. The second-order valence-electron chi connectivity index (χ2n) is 14.9. The average molecular weight is 589 g/mol. The Hall–Kier alpha value is -2.30. The summed E-state index contributed by atoms with van der Waals surface area (Å²) in [5, 5.41) is 0. The summed E-state index contributed by atoms with van der Waals surface area (Å²) >= 11 is 0. The van der Waals surface area contributed by atoms with Gasteiger partial charge in [0.15, 0.2) is 0 Å². The molecule has 4 nitrogen and oxygen atoms in total. The first-order valence-corrected chi connectivity index (χ1v) is 17.1. The molecule has 0 radical (unpaired) electrons. The van der Waals surface area contributed by atoms with E-state index in [2.05, 4.69) is 165 Å². The molecule has 0 amide bonds. The Morgan fingerprint density at radius 3 is 1.28 bits per heavy atom. The van der Waals surface area contributed by atoms with E-state index in [0.29, 0.717) is 47.8 Å². The van der Waals surface area contributed by atoms with E-state index >= 15 is 0 Å². The second-order valence-corrected chi connectivity index (χ2v) is 14.9. The SMILES string of the molecule is CC(C)c1cccc(C(C)C)c1N1C=CN(c2c(C(C)C)cccc2C(C)CC(C)N(CN(C(C)C)C(C)C)C(C)C)C1. The molecule has 0 aliphatic carbocycles. The molecule has 0 fully saturated rings. The summed E-state index contributed by atoms with van der Waals surface area (Å²) in [5.41, 5.74) is 8.58. The highest BCUT2D eigenvalue weighted by Gasteiger charge is 2.29. The Morgan fingerprint density at radius 2 is 0.907 bits per heavy atom. The van der Waals surface area contributed by atoms with E-state index in [1.165, 1.54) is 33.6 Å². The Balaban J connectivity index is 1.95. The van der Waals surface area contributed by atoms with Crippen LogP contribution >= 0.6 is 0 Å². The Kier molecular flexibility index (Phi) is 12.4. The normalized spacial score (nSPS) is 15.7. The largest absolute Gasteiger partial charge is 0.327 e. The van der Waals surface area contributed by atoms with Crippen molar-refractivity contribution in [2.45, 2.75) is 151 Å². The third kappa shape index (κ3) is 8.25. The van der Waals surface area contributed by atoms with E-state index in [-0.39, 0.29) is 0 Å². The highest BCUT2D eigenvalue weighted by atomic mass is 15.4. The number of para-hydroxylation sites is 2. The monoisotopic (exact) mass is 589 g/mol. The van der Waals surface area contributed by atoms with Crippen LogP contribution in [0.25, 0.3) is 0 Å². The molecular formula is C39H64N4. The molecular weight excluding hydrogens is 524 g/mol. The van der Waals surface area contributed by atoms with Crippen LogP contribution in [0.15, 0.2) is 48.8 Å². The third-order valence-corrected chi connectivity index (χ3v) is 9.48. The van der Waals surface area contributed by atoms with Crippen LogP contribution in [0.4, 0.5) is 11.4 Å². The Bertz CT molecular complexity index is 1160. The molecule has 0 spiro atoms. The number of rotatable bonds is 14. The van der Waals surface area contributed by atoms with Gasteiger partial charge in [0, 0.05) is 47.9 Å². The highest BCUT2D eigenvalue weighted by Crippen LogP contribution is 2.42. The van der Waals surface area contributed by atoms with Gasteiger partial charge in [-0.1, -0.05) is 84.9 Å². The molecule has 2 aromatic carbocycles. The Morgan fingerprint density at radius 1 is 0.535 bits per heavy atom. The molecule has 1 aliphatic heterocycles. The van der Waals surface area contributed by atoms with Crippen molar-refractivity contribution in [2.24, 2.45) is 0 Å². The molecule has 0 aromatic heterocycles. The maximum atomic E-state index is 2.70. The summed E-state index contributed by atoms with van der Waals surface area (Å²) in [7, 11) is 0. The first kappa shape index (κ1) is 35.2. The minimum atomic E-state index is 0.438. The molecule has 1 heterocycles. The molecule has 3 rings (SSSR count). The fourth-order valence-electron chi connectivity index (χ4n) is 7.03. The van der Waals surface area contributed by atoms with Gasteiger partial charge in [0.25, 0.3) is 0 Å². The number of benzene rings is 2. The summed E-state index contributed by atoms with van der Waals surface area (Å²) in [6, 6.07) is 15.9. The van der Waals surface area contributed by atoms with Crippen LogP contribution in [0.1, 0.15) is 149 Å². The quantitative estimate of drug-likeness (QED) is 0.204. The van der Waals surface area contributed by atoms with Crippen LogP contribution in [0, 0.1) is 0 Å². The van der Waals surface area contributed by atoms with Crippen molar-refractivity contribution in [1.29, 1.82) is 0 Å². The van der Waals surface area contributed by atoms with Gasteiger partial charge in [-0.2, -0.15) is 0 Å². The Labute approximate surface area is 266 Å². The standard InChI is InChI=1S/C39H64N4/c1-26(2)34-17-15-18-35(27(3)4)38(34)40-21-22-41(24-40)39-36(28(5)6)19-16-20-37(39)32(13)23-33(14)43(31(11)12)25-42(29(7)8)30(9)10/h15-22,26-33H,23-25H2,1-14H3. The number of hydrogen-bond donors (Lipinski definition) is 0. The molecule has 2 aromatic rings. The maximum Gasteiger partial charge on any atom is 0.0989 e. The first-order chi connectivity index (χ1) is 20.1. The second kappa shape index (κ2) is 15.1. The summed E-state index contributed by atoms with van der Waals surface area (Å²) in [6.45, 7) is 34.7. The molecule has 2 atom stereocenters. The molecule has 0 N–H and O–H groups in total. The van der Waals surface area contributed by atoms with Gasteiger partial charge in [0.05, 0.1) is 13.3 Å². The van der Waals surface area contributed by atoms with Crippen molar-refractivity contribution in [3.8, 4) is 0 Å². The van der Waals surface area contributed by atoms with Crippen molar-refractivity contribution in [3.63, 3.8) is 0 Å². The molecule has 0 saturated carbocycles. The van der Waals surface area contributed by atoms with E-state index in [0.717, 1.165) is 19.8 Å². The fourth-order valence-corrected chi connectivity index (χ4v) is 7.03. The predicted octanol–water partition coefficient (Wildman–Crippen LogP) is 10.5. The van der Waals surface area contributed by atoms with Gasteiger partial charge in [-0.3, -0.25) is 9.80 Å². The zero-order valence-corrected chi connectivity index (χ0v) is 30.1. The predicted molar refractivity (Wildman–Crippen MR) is 191 cm³/mol. The van der Waals surface area contributed by atoms with E-state index in [4.69, 9.17) is 0 Å². The lowest BCUT2D eigenvalue weighted by Gasteiger charge is -2.41. The zero-order valence-electron chi connectivity index (χ0n) is 30.1. The van der Waals surface area contributed by atoms with Crippen LogP contribution in [-0.4, -0.2) is 47.3 Å². The minimum absolute atomic E-state index is 0.438. The summed E-state index contributed by atoms with van der Waals surface area (Å²) in [6.07, 6.45) is 5.77. The first-order valence-electron chi connectivity index (χ1n) is 17.1. The summed E-state index contributed by atoms with van der Waals surface area (Å²) in [4.78, 5) is 10.3. The van der Waals surface area contributed by atoms with Gasteiger partial charge in [0.1, 0.15) is 0 Å². The highest BCUT2D eigenvalue weighted by molar-refractivity contribution is 5.70. The molecule has 0 bridgehead atoms. The zero-order chi connectivity index (χ0) is 32.2. The van der Waals surface area contributed by atoms with Gasteiger partial charge in [-0.15, -0.1) is 0 Å². The fraction of sp³-hybridized carbons (Fsp3) is 0.641. The summed E-state index contributed by atoms with van der Waals surface area (Å²) < 4.78 is 0. The van der Waals surface area contributed by atoms with Gasteiger partial charge in [-0.05, 0) is 101 Å². The van der Waals surface area contributed by atoms with Gasteiger partial charge >= 0.3 is 0 Å². The lowest BCUT2D eigenvalue weighted by molar-refractivity contribution is 0.0314. The van der Waals surface area contributed by atoms with Crippen LogP contribution in [0.2, 0.25) is 0 Å². The van der Waals surface area contributed by atoms with Crippen LogP contribution in [-0.2, 0) is 0 Å². The van der Waals surface area contributed by atoms with E-state index in [1.807, 2.05) is 0 Å². The van der Waals surface area contributed by atoms with Crippen LogP contribution in [0.5, 0.6) is 0 Å². The molecule has 4 heteroatoms. The van der Waals surface area contributed by atoms with Crippen molar-refractivity contribution in [1.82, 2.24) is 9.80 Å². The van der Waals surface area contributed by atoms with Crippen molar-refractivity contribution in [3.05, 3.63) is 71.1 Å². The topological polar surface area (TPSA) is 13.0 Å². The third-order valence-electron chi connectivity index (χ3n) is 9.48. The van der Waals surface area contributed by atoms with E-state index in [9.17, 15) is 0 Å². The smallest absolute Gasteiger partial charge is 0.0989 e. The molecule has 240 valence electrons. The molecule has 0 saturated heterocycles. The minimum Gasteiger partial charge on any atom is -0.327 e. The number of anilines is 2. The maximum absolute atomic E-state index is 2.70. The lowest BCUT2D eigenvalue weighted by atomic mass is 9.87. The van der Waals surface area contributed by atoms with Crippen molar-refractivity contribution >= 4 is 11.4 Å². The van der Waals surface area contributed by atoms with Gasteiger partial charge in [0.2, 0.25) is 0 Å². The van der Waals surface area contributed by atoms with Crippen molar-refractivity contribution < 1.29 is 0 Å². The van der Waals surface area contributed by atoms with Crippen molar-refractivity contribution in [2.75, 3.05) is 23.1 Å². The molecule has 2 unspecified atom stereocenters. The number of nitrogens with zero attached hydrogens (tertiary/aromatic N) is 4. The lowest BCUT2D eigenvalue weighted by Crippen LogP contribution is -2.50.